The van der Waals surface area contributed by atoms with Gasteiger partial charge in [-0.1, -0.05) is 19.9 Å². The van der Waals surface area contributed by atoms with E-state index in [0.29, 0.717) is 6.54 Å². The normalized spacial score (nSPS) is 12.5. The molecule has 1 aromatic heterocycles. The van der Waals surface area contributed by atoms with Crippen LogP contribution < -0.4 is 10.6 Å². The second kappa shape index (κ2) is 8.45. The van der Waals surface area contributed by atoms with Crippen molar-refractivity contribution >= 4 is 11.8 Å². The molecule has 7 nitrogen and oxygen atoms in total. The molecule has 22 heavy (non-hydrogen) atoms. The number of aliphatic hydroxyl groups excluding tert-OH is 2. The number of hydrogen-bond acceptors (Lipinski definition) is 5. The van der Waals surface area contributed by atoms with Crippen LogP contribution in [0.5, 0.6) is 0 Å². The summed E-state index contributed by atoms with van der Waals surface area (Å²) in [6, 6.07) is 5.43. The number of carbonyl (C=O) groups is 2. The molecule has 1 atom stereocenters. The highest BCUT2D eigenvalue weighted by Crippen LogP contribution is 2.19. The monoisotopic (exact) mass is 309 g/mol. The Hall–Kier alpha value is -1.99. The third-order valence-electron chi connectivity index (χ3n) is 3.24. The Morgan fingerprint density at radius 3 is 2.64 bits per heavy atom. The molecule has 0 fully saturated rings. The maximum atomic E-state index is 11.7. The highest BCUT2D eigenvalue weighted by molar-refractivity contribution is 5.82. The molecule has 1 aromatic rings. The summed E-state index contributed by atoms with van der Waals surface area (Å²) >= 11 is 0. The lowest BCUT2D eigenvalue weighted by Gasteiger charge is -2.27. The van der Waals surface area contributed by atoms with Crippen molar-refractivity contribution in [2.75, 3.05) is 13.2 Å². The molecule has 1 heterocycles. The maximum Gasteiger partial charge on any atom is 0.249 e. The van der Waals surface area contributed by atoms with Gasteiger partial charge in [-0.15, -0.1) is 0 Å². The predicted octanol–water partition coefficient (Wildman–Crippen LogP) is -0.416. The third-order valence-corrected chi connectivity index (χ3v) is 3.24. The first kappa shape index (κ1) is 18.1. The van der Waals surface area contributed by atoms with Crippen LogP contribution in [0.15, 0.2) is 24.4 Å². The van der Waals surface area contributed by atoms with Crippen LogP contribution in [-0.2, 0) is 16.1 Å². The summed E-state index contributed by atoms with van der Waals surface area (Å²) in [5.74, 6) is -0.821. The SMILES string of the molecule is CC(C)(CO)[C@@H](O)C(=O)NCCC(=O)NCc1ccccn1. The number of pyridine rings is 1. The van der Waals surface area contributed by atoms with Crippen LogP contribution in [0.25, 0.3) is 0 Å². The van der Waals surface area contributed by atoms with E-state index in [9.17, 15) is 14.7 Å². The highest BCUT2D eigenvalue weighted by Gasteiger charge is 2.32. The second-order valence-electron chi connectivity index (χ2n) is 5.69. The van der Waals surface area contributed by atoms with Crippen LogP contribution in [0.2, 0.25) is 0 Å². The van der Waals surface area contributed by atoms with Crippen LogP contribution in [0.4, 0.5) is 0 Å². The second-order valence-corrected chi connectivity index (χ2v) is 5.69. The van der Waals surface area contributed by atoms with Crippen molar-refractivity contribution in [3.05, 3.63) is 30.1 Å². The number of nitrogens with zero attached hydrogens (tertiary/aromatic N) is 1. The Morgan fingerprint density at radius 1 is 1.32 bits per heavy atom. The fourth-order valence-electron chi connectivity index (χ4n) is 1.62. The molecular weight excluding hydrogens is 286 g/mol. The summed E-state index contributed by atoms with van der Waals surface area (Å²) in [4.78, 5) is 27.4. The highest BCUT2D eigenvalue weighted by atomic mass is 16.3. The first-order valence-corrected chi connectivity index (χ1v) is 7.10. The molecule has 0 aliphatic rings. The zero-order chi connectivity index (χ0) is 16.6. The molecule has 4 N–H and O–H groups in total. The largest absolute Gasteiger partial charge is 0.396 e. The third kappa shape index (κ3) is 5.79. The van der Waals surface area contributed by atoms with Gasteiger partial charge in [0.15, 0.2) is 0 Å². The molecule has 0 radical (unpaired) electrons. The van der Waals surface area contributed by atoms with Gasteiger partial charge in [0.05, 0.1) is 18.8 Å². The predicted molar refractivity (Wildman–Crippen MR) is 80.6 cm³/mol. The minimum atomic E-state index is -1.32. The van der Waals surface area contributed by atoms with E-state index >= 15 is 0 Å². The van der Waals surface area contributed by atoms with E-state index in [4.69, 9.17) is 5.11 Å². The Labute approximate surface area is 129 Å². The van der Waals surface area contributed by atoms with Crippen LogP contribution >= 0.6 is 0 Å². The molecule has 1 rings (SSSR count). The van der Waals surface area contributed by atoms with Crippen molar-refractivity contribution in [1.29, 1.82) is 0 Å². The number of rotatable bonds is 8. The number of nitrogens with one attached hydrogen (secondary N) is 2. The van der Waals surface area contributed by atoms with Crippen LogP contribution in [0, 0.1) is 5.41 Å². The van der Waals surface area contributed by atoms with E-state index in [1.165, 1.54) is 0 Å². The van der Waals surface area contributed by atoms with Crippen molar-refractivity contribution < 1.29 is 19.8 Å². The summed E-state index contributed by atoms with van der Waals surface area (Å²) in [5, 5.41) is 24.0. The van der Waals surface area contributed by atoms with Crippen LogP contribution in [0.3, 0.4) is 0 Å². The number of amides is 2. The van der Waals surface area contributed by atoms with Gasteiger partial charge in [-0.05, 0) is 12.1 Å². The van der Waals surface area contributed by atoms with Crippen molar-refractivity contribution in [2.24, 2.45) is 5.41 Å². The zero-order valence-corrected chi connectivity index (χ0v) is 12.9. The molecule has 0 saturated carbocycles. The maximum absolute atomic E-state index is 11.7. The van der Waals surface area contributed by atoms with Crippen molar-refractivity contribution in [2.45, 2.75) is 32.9 Å². The van der Waals surface area contributed by atoms with E-state index < -0.39 is 17.4 Å². The van der Waals surface area contributed by atoms with Gasteiger partial charge in [-0.25, -0.2) is 0 Å². The van der Waals surface area contributed by atoms with Gasteiger partial charge in [0, 0.05) is 24.6 Å². The van der Waals surface area contributed by atoms with Crippen molar-refractivity contribution in [1.82, 2.24) is 15.6 Å². The van der Waals surface area contributed by atoms with Crippen molar-refractivity contribution in [3.63, 3.8) is 0 Å². The Kier molecular flexibility index (Phi) is 6.94. The fourth-order valence-corrected chi connectivity index (χ4v) is 1.62. The van der Waals surface area contributed by atoms with Crippen molar-refractivity contribution in [3.8, 4) is 0 Å². The van der Waals surface area contributed by atoms with Gasteiger partial charge >= 0.3 is 0 Å². The zero-order valence-electron chi connectivity index (χ0n) is 12.9. The number of hydrogen-bond donors (Lipinski definition) is 4. The molecular formula is C15H23N3O4. The molecule has 122 valence electrons. The molecule has 0 saturated heterocycles. The van der Waals surface area contributed by atoms with Gasteiger partial charge in [-0.3, -0.25) is 14.6 Å². The lowest BCUT2D eigenvalue weighted by Crippen LogP contribution is -2.46. The Balaban J connectivity index is 2.26. The lowest BCUT2D eigenvalue weighted by molar-refractivity contribution is -0.137. The summed E-state index contributed by atoms with van der Waals surface area (Å²) in [5.41, 5.74) is -0.175. The van der Waals surface area contributed by atoms with E-state index in [0.717, 1.165) is 5.69 Å². The molecule has 0 spiro atoms. The molecule has 0 unspecified atom stereocenters. The number of carbonyl (C=O) groups excluding carboxylic acids is 2. The van der Waals surface area contributed by atoms with Gasteiger partial charge in [0.1, 0.15) is 6.10 Å². The van der Waals surface area contributed by atoms with E-state index in [1.807, 2.05) is 6.07 Å². The first-order valence-electron chi connectivity index (χ1n) is 7.10. The average Bonchev–Trinajstić information content (AvgIpc) is 2.53. The van der Waals surface area contributed by atoms with Gasteiger partial charge in [-0.2, -0.15) is 0 Å². The quantitative estimate of drug-likeness (QED) is 0.521. The van der Waals surface area contributed by atoms with E-state index in [2.05, 4.69) is 15.6 Å². The summed E-state index contributed by atoms with van der Waals surface area (Å²) in [6.45, 7) is 3.29. The van der Waals surface area contributed by atoms with Gasteiger partial charge in [0.25, 0.3) is 0 Å². The number of aromatic nitrogens is 1. The molecule has 7 heteroatoms. The fraction of sp³-hybridized carbons (Fsp3) is 0.533. The molecule has 0 aromatic carbocycles. The minimum Gasteiger partial charge on any atom is -0.396 e. The standard InChI is InChI=1S/C15H23N3O4/c1-15(2,10-19)13(21)14(22)17-8-6-12(20)18-9-11-5-3-4-7-16-11/h3-5,7,13,19,21H,6,8-10H2,1-2H3,(H,17,22)(H,18,20)/t13-/m0/s1. The van der Waals surface area contributed by atoms with E-state index in [-0.39, 0.29) is 25.5 Å². The molecule has 2 amide bonds. The van der Waals surface area contributed by atoms with Crippen LogP contribution in [-0.4, -0.2) is 46.3 Å². The molecule has 0 aliphatic heterocycles. The molecule has 0 bridgehead atoms. The Morgan fingerprint density at radius 2 is 2.05 bits per heavy atom. The smallest absolute Gasteiger partial charge is 0.249 e. The van der Waals surface area contributed by atoms with E-state index in [1.54, 1.807) is 32.2 Å². The molecule has 0 aliphatic carbocycles. The summed E-state index contributed by atoms with van der Waals surface area (Å²) < 4.78 is 0. The lowest BCUT2D eigenvalue weighted by atomic mass is 9.87. The average molecular weight is 309 g/mol. The van der Waals surface area contributed by atoms with Gasteiger partial charge < -0.3 is 20.8 Å². The van der Waals surface area contributed by atoms with Crippen LogP contribution in [0.1, 0.15) is 26.0 Å². The minimum absolute atomic E-state index is 0.102. The first-order chi connectivity index (χ1) is 10.4. The summed E-state index contributed by atoms with van der Waals surface area (Å²) in [6.07, 6.45) is 0.422. The number of aliphatic hydroxyl groups is 2. The summed E-state index contributed by atoms with van der Waals surface area (Å²) in [7, 11) is 0. The Bertz CT molecular complexity index is 491. The van der Waals surface area contributed by atoms with Gasteiger partial charge in [0.2, 0.25) is 11.8 Å². The topological polar surface area (TPSA) is 112 Å².